The maximum Gasteiger partial charge on any atom is 0.182 e. The van der Waals surface area contributed by atoms with Crippen molar-refractivity contribution >= 4 is 22.8 Å². The Labute approximate surface area is 75.0 Å². The van der Waals surface area contributed by atoms with Crippen LogP contribution in [0.25, 0.3) is 11.2 Å². The van der Waals surface area contributed by atoms with E-state index in [0.29, 0.717) is 16.3 Å². The predicted molar refractivity (Wildman–Crippen MR) is 48.0 cm³/mol. The van der Waals surface area contributed by atoms with Crippen LogP contribution in [0, 0.1) is 0 Å². The Morgan fingerprint density at radius 3 is 2.67 bits per heavy atom. The molecule has 2 aromatic heterocycles. The topological polar surface area (TPSA) is 54.5 Å². The third-order valence-corrected chi connectivity index (χ3v) is 1.46. The molecule has 64 valence electrons. The van der Waals surface area contributed by atoms with Crippen molar-refractivity contribution in [2.45, 2.75) is 13.8 Å². The highest BCUT2D eigenvalue weighted by Crippen LogP contribution is 2.13. The molecule has 2 heterocycles. The zero-order chi connectivity index (χ0) is 8.97. The molecule has 12 heavy (non-hydrogen) atoms. The highest BCUT2D eigenvalue weighted by Gasteiger charge is 2.00. The van der Waals surface area contributed by atoms with Crippen molar-refractivity contribution in [2.24, 2.45) is 0 Å². The smallest absolute Gasteiger partial charge is 0.182 e. The molecule has 0 fully saturated rings. The molecule has 0 unspecified atom stereocenters. The van der Waals surface area contributed by atoms with Gasteiger partial charge >= 0.3 is 0 Å². The zero-order valence-electron chi connectivity index (χ0n) is 6.87. The van der Waals surface area contributed by atoms with Gasteiger partial charge in [0.2, 0.25) is 0 Å². The number of hydrogen-bond donors (Lipinski definition) is 1. The van der Waals surface area contributed by atoms with Gasteiger partial charge < -0.3 is 4.98 Å². The zero-order valence-corrected chi connectivity index (χ0v) is 7.63. The molecule has 5 heteroatoms. The number of imidazole rings is 1. The highest BCUT2D eigenvalue weighted by atomic mass is 35.5. The van der Waals surface area contributed by atoms with Crippen molar-refractivity contribution in [3.8, 4) is 0 Å². The number of rotatable bonds is 0. The summed E-state index contributed by atoms with van der Waals surface area (Å²) in [5.41, 5.74) is 1.28. The number of nitrogens with one attached hydrogen (secondary N) is 1. The molecule has 0 aliphatic carbocycles. The van der Waals surface area contributed by atoms with Crippen molar-refractivity contribution in [2.75, 3.05) is 0 Å². The summed E-state index contributed by atoms with van der Waals surface area (Å²) in [6.07, 6.45) is 2.91. The van der Waals surface area contributed by atoms with E-state index in [-0.39, 0.29) is 0 Å². The van der Waals surface area contributed by atoms with Crippen LogP contribution in [-0.2, 0) is 0 Å². The van der Waals surface area contributed by atoms with Crippen LogP contribution in [0.4, 0.5) is 0 Å². The molecule has 1 N–H and O–H groups in total. The molecule has 0 aliphatic rings. The van der Waals surface area contributed by atoms with Crippen LogP contribution in [0.2, 0.25) is 5.15 Å². The first kappa shape index (κ1) is 8.93. The Morgan fingerprint density at radius 1 is 1.25 bits per heavy atom. The lowest BCUT2D eigenvalue weighted by molar-refractivity contribution is 1.20. The van der Waals surface area contributed by atoms with Gasteiger partial charge in [0.1, 0.15) is 11.8 Å². The summed E-state index contributed by atoms with van der Waals surface area (Å²) in [5.74, 6) is 0. The summed E-state index contributed by atoms with van der Waals surface area (Å²) in [6.45, 7) is 4.00. The molecule has 0 saturated carbocycles. The minimum absolute atomic E-state index is 0.405. The molecule has 0 spiro atoms. The Bertz CT molecular complexity index is 357. The van der Waals surface area contributed by atoms with E-state index in [1.54, 1.807) is 0 Å². The van der Waals surface area contributed by atoms with E-state index in [2.05, 4.69) is 19.9 Å². The van der Waals surface area contributed by atoms with Crippen LogP contribution < -0.4 is 0 Å². The number of fused-ring (bicyclic) bond motifs is 1. The summed E-state index contributed by atoms with van der Waals surface area (Å²) in [4.78, 5) is 14.3. The monoisotopic (exact) mass is 184 g/mol. The maximum atomic E-state index is 5.68. The van der Waals surface area contributed by atoms with Gasteiger partial charge in [0.05, 0.1) is 6.33 Å². The molecule has 2 rings (SSSR count). The van der Waals surface area contributed by atoms with E-state index < -0.39 is 0 Å². The third kappa shape index (κ3) is 1.53. The van der Waals surface area contributed by atoms with Crippen molar-refractivity contribution in [1.82, 2.24) is 19.9 Å². The van der Waals surface area contributed by atoms with Crippen LogP contribution in [0.3, 0.4) is 0 Å². The molecule has 0 atom stereocenters. The van der Waals surface area contributed by atoms with E-state index in [9.17, 15) is 0 Å². The maximum absolute atomic E-state index is 5.68. The number of hydrogen-bond acceptors (Lipinski definition) is 3. The summed E-state index contributed by atoms with van der Waals surface area (Å²) in [6, 6.07) is 0. The van der Waals surface area contributed by atoms with E-state index in [1.807, 2.05) is 13.8 Å². The molecule has 4 nitrogen and oxygen atoms in total. The van der Waals surface area contributed by atoms with Gasteiger partial charge in [-0.1, -0.05) is 25.4 Å². The van der Waals surface area contributed by atoms with Gasteiger partial charge in [0, 0.05) is 0 Å². The standard InChI is InChI=1S/C5H3ClN4.C2H6/c6-4-3-5(9-1-7-3)10-2-8-4;1-2/h1-2H,(H,7,8,9,10);1-2H3. The quantitative estimate of drug-likeness (QED) is 0.638. The second-order valence-electron chi connectivity index (χ2n) is 1.77. The highest BCUT2D eigenvalue weighted by molar-refractivity contribution is 6.33. The van der Waals surface area contributed by atoms with Crippen LogP contribution in [-0.4, -0.2) is 19.9 Å². The van der Waals surface area contributed by atoms with E-state index >= 15 is 0 Å². The Hall–Kier alpha value is -1.16. The minimum Gasteiger partial charge on any atom is -0.341 e. The number of nitrogens with zero attached hydrogens (tertiary/aromatic N) is 3. The molecule has 0 aliphatic heterocycles. The average molecular weight is 185 g/mol. The van der Waals surface area contributed by atoms with Gasteiger partial charge in [-0.05, 0) is 0 Å². The fraction of sp³-hybridized carbons (Fsp3) is 0.286. The van der Waals surface area contributed by atoms with Crippen molar-refractivity contribution in [1.29, 1.82) is 0 Å². The van der Waals surface area contributed by atoms with Gasteiger partial charge in [-0.2, -0.15) is 0 Å². The molecule has 0 saturated heterocycles. The summed E-state index contributed by atoms with van der Waals surface area (Å²) in [5, 5.41) is 0.405. The first-order chi connectivity index (χ1) is 5.88. The van der Waals surface area contributed by atoms with Crippen LogP contribution in [0.5, 0.6) is 0 Å². The summed E-state index contributed by atoms with van der Waals surface area (Å²) in [7, 11) is 0. The molecule has 0 aromatic carbocycles. The Kier molecular flexibility index (Phi) is 2.99. The largest absolute Gasteiger partial charge is 0.341 e. The predicted octanol–water partition coefficient (Wildman–Crippen LogP) is 2.03. The lowest BCUT2D eigenvalue weighted by Gasteiger charge is -1.86. The number of aromatic nitrogens is 4. The molecular formula is C7H9ClN4. The lowest BCUT2D eigenvalue weighted by Crippen LogP contribution is -1.80. The second-order valence-corrected chi connectivity index (χ2v) is 2.12. The van der Waals surface area contributed by atoms with Crippen LogP contribution in [0.1, 0.15) is 13.8 Å². The first-order valence-electron chi connectivity index (χ1n) is 3.67. The number of halogens is 1. The fourth-order valence-corrected chi connectivity index (χ4v) is 0.918. The van der Waals surface area contributed by atoms with Crippen molar-refractivity contribution in [3.05, 3.63) is 17.8 Å². The summed E-state index contributed by atoms with van der Waals surface area (Å²) >= 11 is 5.68. The lowest BCUT2D eigenvalue weighted by atomic mass is 10.6. The SMILES string of the molecule is CC.Clc1ncnc2nc[nH]c12. The fourth-order valence-electron chi connectivity index (χ4n) is 0.736. The van der Waals surface area contributed by atoms with Crippen LogP contribution >= 0.6 is 11.6 Å². The van der Waals surface area contributed by atoms with E-state index in [4.69, 9.17) is 11.6 Å². The first-order valence-corrected chi connectivity index (χ1v) is 4.05. The van der Waals surface area contributed by atoms with Gasteiger partial charge in [0.15, 0.2) is 10.8 Å². The van der Waals surface area contributed by atoms with Crippen molar-refractivity contribution < 1.29 is 0 Å². The Balaban J connectivity index is 0.000000336. The minimum atomic E-state index is 0.405. The average Bonchev–Trinajstić information content (AvgIpc) is 2.57. The van der Waals surface area contributed by atoms with E-state index in [1.165, 1.54) is 12.7 Å². The number of H-pyrrole nitrogens is 1. The van der Waals surface area contributed by atoms with Crippen LogP contribution in [0.15, 0.2) is 12.7 Å². The summed E-state index contributed by atoms with van der Waals surface area (Å²) < 4.78 is 0. The third-order valence-electron chi connectivity index (χ3n) is 1.18. The molecular weight excluding hydrogens is 176 g/mol. The molecule has 0 radical (unpaired) electrons. The number of aromatic amines is 1. The van der Waals surface area contributed by atoms with Gasteiger partial charge in [-0.3, -0.25) is 0 Å². The molecule has 2 aromatic rings. The van der Waals surface area contributed by atoms with Crippen molar-refractivity contribution in [3.63, 3.8) is 0 Å². The van der Waals surface area contributed by atoms with Gasteiger partial charge in [0.25, 0.3) is 0 Å². The van der Waals surface area contributed by atoms with E-state index in [0.717, 1.165) is 0 Å². The van der Waals surface area contributed by atoms with Gasteiger partial charge in [-0.15, -0.1) is 0 Å². The van der Waals surface area contributed by atoms with Gasteiger partial charge in [-0.25, -0.2) is 15.0 Å². The molecule has 0 bridgehead atoms. The normalized spacial score (nSPS) is 9.25. The molecule has 0 amide bonds. The Morgan fingerprint density at radius 2 is 2.00 bits per heavy atom. The second kappa shape index (κ2) is 4.01.